The monoisotopic (exact) mass is 255 g/mol. The molecule has 1 aromatic heterocycles. The van der Waals surface area contributed by atoms with Gasteiger partial charge in [-0.3, -0.25) is 4.57 Å². The lowest BCUT2D eigenvalue weighted by atomic mass is 9.78. The van der Waals surface area contributed by atoms with Crippen LogP contribution >= 0.6 is 11.6 Å². The molecule has 1 aromatic rings. The Morgan fingerprint density at radius 1 is 1.29 bits per heavy atom. The third-order valence-corrected chi connectivity index (χ3v) is 4.45. The number of hydrogen-bond acceptors (Lipinski definition) is 2. The standard InChI is InChI=1S/C13H22ClN3/c1-4-6-12-15-16-13(14)17(12)11-8-5-7-9(2)10(11)3/h9-11H,4-8H2,1-3H3. The van der Waals surface area contributed by atoms with Crippen LogP contribution in [0.2, 0.25) is 5.28 Å². The van der Waals surface area contributed by atoms with Crippen molar-refractivity contribution in [2.45, 2.75) is 58.9 Å². The minimum Gasteiger partial charge on any atom is -0.298 e. The van der Waals surface area contributed by atoms with E-state index in [2.05, 4.69) is 35.5 Å². The Morgan fingerprint density at radius 3 is 2.76 bits per heavy atom. The quantitative estimate of drug-likeness (QED) is 0.821. The molecule has 4 heteroatoms. The maximum atomic E-state index is 6.22. The molecule has 0 N–H and O–H groups in total. The van der Waals surface area contributed by atoms with E-state index in [1.54, 1.807) is 0 Å². The number of halogens is 1. The fourth-order valence-electron chi connectivity index (χ4n) is 2.94. The number of rotatable bonds is 3. The summed E-state index contributed by atoms with van der Waals surface area (Å²) in [4.78, 5) is 0. The van der Waals surface area contributed by atoms with Crippen molar-refractivity contribution in [3.8, 4) is 0 Å². The van der Waals surface area contributed by atoms with Crippen molar-refractivity contribution >= 4 is 11.6 Å². The molecule has 0 saturated heterocycles. The van der Waals surface area contributed by atoms with E-state index in [-0.39, 0.29) is 0 Å². The molecule has 1 aliphatic rings. The average Bonchev–Trinajstić information content (AvgIpc) is 2.65. The highest BCUT2D eigenvalue weighted by Gasteiger charge is 2.31. The van der Waals surface area contributed by atoms with Gasteiger partial charge in [0.05, 0.1) is 0 Å². The van der Waals surface area contributed by atoms with Crippen LogP contribution in [0.25, 0.3) is 0 Å². The van der Waals surface area contributed by atoms with Crippen molar-refractivity contribution < 1.29 is 0 Å². The third kappa shape index (κ3) is 2.49. The summed E-state index contributed by atoms with van der Waals surface area (Å²) in [5.74, 6) is 2.48. The summed E-state index contributed by atoms with van der Waals surface area (Å²) in [6.07, 6.45) is 5.89. The van der Waals surface area contributed by atoms with Crippen molar-refractivity contribution in [2.75, 3.05) is 0 Å². The van der Waals surface area contributed by atoms with Crippen molar-refractivity contribution in [2.24, 2.45) is 11.8 Å². The van der Waals surface area contributed by atoms with Crippen LogP contribution in [0.4, 0.5) is 0 Å². The molecule has 3 nitrogen and oxygen atoms in total. The van der Waals surface area contributed by atoms with E-state index < -0.39 is 0 Å². The normalized spacial score (nSPS) is 29.5. The highest BCUT2D eigenvalue weighted by molar-refractivity contribution is 6.28. The SMILES string of the molecule is CCCc1nnc(Cl)n1C1CCCC(C)C1C. The molecule has 17 heavy (non-hydrogen) atoms. The summed E-state index contributed by atoms with van der Waals surface area (Å²) in [6, 6.07) is 0.489. The molecule has 0 amide bonds. The predicted octanol–water partition coefficient (Wildman–Crippen LogP) is 3.88. The summed E-state index contributed by atoms with van der Waals surface area (Å²) < 4.78 is 2.19. The van der Waals surface area contributed by atoms with Gasteiger partial charge in [-0.25, -0.2) is 0 Å². The molecular formula is C13H22ClN3. The molecule has 96 valence electrons. The lowest BCUT2D eigenvalue weighted by Crippen LogP contribution is -2.28. The van der Waals surface area contributed by atoms with Gasteiger partial charge in [0.2, 0.25) is 5.28 Å². The molecule has 2 rings (SSSR count). The van der Waals surface area contributed by atoms with Crippen LogP contribution < -0.4 is 0 Å². The Hall–Kier alpha value is -0.570. The van der Waals surface area contributed by atoms with E-state index in [1.807, 2.05) is 0 Å². The van der Waals surface area contributed by atoms with E-state index in [0.29, 0.717) is 17.2 Å². The van der Waals surface area contributed by atoms with Gasteiger partial charge in [0.15, 0.2) is 0 Å². The minimum absolute atomic E-state index is 0.489. The third-order valence-electron chi connectivity index (χ3n) is 4.19. The second-order valence-electron chi connectivity index (χ2n) is 5.34. The van der Waals surface area contributed by atoms with Gasteiger partial charge in [0.1, 0.15) is 5.82 Å². The summed E-state index contributed by atoms with van der Waals surface area (Å²) in [5.41, 5.74) is 0. The lowest BCUT2D eigenvalue weighted by Gasteiger charge is -2.35. The molecule has 1 saturated carbocycles. The van der Waals surface area contributed by atoms with Crippen LogP contribution in [-0.2, 0) is 6.42 Å². The van der Waals surface area contributed by atoms with Crippen molar-refractivity contribution in [3.63, 3.8) is 0 Å². The van der Waals surface area contributed by atoms with Crippen molar-refractivity contribution in [1.82, 2.24) is 14.8 Å². The number of hydrogen-bond donors (Lipinski definition) is 0. The number of aromatic nitrogens is 3. The van der Waals surface area contributed by atoms with E-state index in [4.69, 9.17) is 11.6 Å². The van der Waals surface area contributed by atoms with Crippen LogP contribution in [0.15, 0.2) is 0 Å². The Labute approximate surface area is 109 Å². The molecular weight excluding hydrogens is 234 g/mol. The number of nitrogens with zero attached hydrogens (tertiary/aromatic N) is 3. The fraction of sp³-hybridized carbons (Fsp3) is 0.846. The second-order valence-corrected chi connectivity index (χ2v) is 5.68. The molecule has 1 heterocycles. The molecule has 3 unspecified atom stereocenters. The van der Waals surface area contributed by atoms with E-state index in [0.717, 1.165) is 24.6 Å². The predicted molar refractivity (Wildman–Crippen MR) is 70.2 cm³/mol. The maximum Gasteiger partial charge on any atom is 0.225 e. The smallest absolute Gasteiger partial charge is 0.225 e. The summed E-state index contributed by atoms with van der Waals surface area (Å²) in [6.45, 7) is 6.84. The minimum atomic E-state index is 0.489. The van der Waals surface area contributed by atoms with Gasteiger partial charge >= 0.3 is 0 Å². The van der Waals surface area contributed by atoms with Gasteiger partial charge in [-0.05, 0) is 36.3 Å². The number of aryl methyl sites for hydroxylation is 1. The van der Waals surface area contributed by atoms with Crippen molar-refractivity contribution in [1.29, 1.82) is 0 Å². The average molecular weight is 256 g/mol. The Morgan fingerprint density at radius 2 is 2.06 bits per heavy atom. The summed E-state index contributed by atoms with van der Waals surface area (Å²) >= 11 is 6.22. The lowest BCUT2D eigenvalue weighted by molar-refractivity contribution is 0.183. The van der Waals surface area contributed by atoms with Gasteiger partial charge in [-0.1, -0.05) is 33.6 Å². The van der Waals surface area contributed by atoms with E-state index >= 15 is 0 Å². The highest BCUT2D eigenvalue weighted by atomic mass is 35.5. The maximum absolute atomic E-state index is 6.22. The molecule has 1 aliphatic carbocycles. The summed E-state index contributed by atoms with van der Waals surface area (Å²) in [5, 5.41) is 8.84. The molecule has 3 atom stereocenters. The van der Waals surface area contributed by atoms with Gasteiger partial charge in [0.25, 0.3) is 0 Å². The molecule has 0 bridgehead atoms. The topological polar surface area (TPSA) is 30.7 Å². The van der Waals surface area contributed by atoms with Crippen LogP contribution in [-0.4, -0.2) is 14.8 Å². The first-order valence-electron chi connectivity index (χ1n) is 6.74. The Balaban J connectivity index is 2.28. The molecule has 0 aromatic carbocycles. The van der Waals surface area contributed by atoms with Crippen molar-refractivity contribution in [3.05, 3.63) is 11.1 Å². The Kier molecular flexibility index (Phi) is 4.08. The fourth-order valence-corrected chi connectivity index (χ4v) is 3.20. The molecule has 0 aliphatic heterocycles. The highest BCUT2D eigenvalue weighted by Crippen LogP contribution is 2.39. The van der Waals surface area contributed by atoms with E-state index in [1.165, 1.54) is 19.3 Å². The zero-order chi connectivity index (χ0) is 12.4. The second kappa shape index (κ2) is 5.38. The first kappa shape index (κ1) is 12.9. The zero-order valence-corrected chi connectivity index (χ0v) is 11.7. The van der Waals surface area contributed by atoms with Gasteiger partial charge < -0.3 is 0 Å². The summed E-state index contributed by atoms with van der Waals surface area (Å²) in [7, 11) is 0. The molecule has 1 fully saturated rings. The van der Waals surface area contributed by atoms with Crippen LogP contribution in [0.1, 0.15) is 58.3 Å². The first-order valence-corrected chi connectivity index (χ1v) is 7.12. The van der Waals surface area contributed by atoms with Gasteiger partial charge in [-0.2, -0.15) is 0 Å². The Bertz CT molecular complexity index is 375. The zero-order valence-electron chi connectivity index (χ0n) is 11.0. The van der Waals surface area contributed by atoms with Gasteiger partial charge in [-0.15, -0.1) is 10.2 Å². The molecule has 0 radical (unpaired) electrons. The van der Waals surface area contributed by atoms with Gasteiger partial charge in [0, 0.05) is 12.5 Å². The van der Waals surface area contributed by atoms with E-state index in [9.17, 15) is 0 Å². The largest absolute Gasteiger partial charge is 0.298 e. The first-order chi connectivity index (χ1) is 8.15. The van der Waals surface area contributed by atoms with Crippen LogP contribution in [0.3, 0.4) is 0 Å². The molecule has 0 spiro atoms. The van der Waals surface area contributed by atoms with Crippen LogP contribution in [0, 0.1) is 11.8 Å². The van der Waals surface area contributed by atoms with Crippen LogP contribution in [0.5, 0.6) is 0 Å².